The lowest BCUT2D eigenvalue weighted by atomic mass is 10.1. The van der Waals surface area contributed by atoms with Crippen LogP contribution in [0.3, 0.4) is 0 Å². The van der Waals surface area contributed by atoms with Crippen LogP contribution in [-0.2, 0) is 0 Å². The lowest BCUT2D eigenvalue weighted by molar-refractivity contribution is 0.0697. The summed E-state index contributed by atoms with van der Waals surface area (Å²) in [7, 11) is 0. The molecule has 0 atom stereocenters. The second kappa shape index (κ2) is 5.27. The summed E-state index contributed by atoms with van der Waals surface area (Å²) in [5.74, 6) is -0.918. The zero-order valence-corrected chi connectivity index (χ0v) is 10.00. The van der Waals surface area contributed by atoms with E-state index in [1.165, 1.54) is 0 Å². The molecule has 2 rings (SSSR count). The zero-order valence-electron chi connectivity index (χ0n) is 10.00. The van der Waals surface area contributed by atoms with Gasteiger partial charge in [-0.2, -0.15) is 0 Å². The molecule has 18 heavy (non-hydrogen) atoms. The second-order valence-electron chi connectivity index (χ2n) is 3.97. The van der Waals surface area contributed by atoms with Crippen LogP contribution >= 0.6 is 0 Å². The number of carboxylic acid groups (broad SMARTS) is 1. The summed E-state index contributed by atoms with van der Waals surface area (Å²) >= 11 is 0. The number of carboxylic acids is 1. The smallest absolute Gasteiger partial charge is 0.335 e. The third-order valence-corrected chi connectivity index (χ3v) is 2.49. The molecular weight excluding hydrogens is 226 g/mol. The van der Waals surface area contributed by atoms with E-state index < -0.39 is 5.97 Å². The number of aromatic nitrogens is 1. The summed E-state index contributed by atoms with van der Waals surface area (Å²) in [5, 5.41) is 8.89. The SMILES string of the molecule is Cc1cccc(/C=C/c2cccc(C(=O)O)c2)n1. The molecule has 0 saturated heterocycles. The van der Waals surface area contributed by atoms with Gasteiger partial charge < -0.3 is 5.11 Å². The van der Waals surface area contributed by atoms with Crippen LogP contribution in [0.25, 0.3) is 12.2 Å². The highest BCUT2D eigenvalue weighted by molar-refractivity contribution is 5.88. The first-order valence-electron chi connectivity index (χ1n) is 5.60. The van der Waals surface area contributed by atoms with Crippen molar-refractivity contribution in [2.24, 2.45) is 0 Å². The van der Waals surface area contributed by atoms with Crippen molar-refractivity contribution in [2.45, 2.75) is 6.92 Å². The molecule has 1 aromatic carbocycles. The Morgan fingerprint density at radius 3 is 2.67 bits per heavy atom. The highest BCUT2D eigenvalue weighted by atomic mass is 16.4. The van der Waals surface area contributed by atoms with Gasteiger partial charge in [-0.1, -0.05) is 24.3 Å². The van der Waals surface area contributed by atoms with Crippen LogP contribution in [0.4, 0.5) is 0 Å². The predicted octanol–water partition coefficient (Wildman–Crippen LogP) is 3.26. The second-order valence-corrected chi connectivity index (χ2v) is 3.97. The number of carbonyl (C=O) groups is 1. The number of nitrogens with zero attached hydrogens (tertiary/aromatic N) is 1. The molecule has 1 heterocycles. The van der Waals surface area contributed by atoms with Gasteiger partial charge in [-0.25, -0.2) is 4.79 Å². The van der Waals surface area contributed by atoms with Crippen molar-refractivity contribution in [3.05, 3.63) is 65.0 Å². The van der Waals surface area contributed by atoms with Crippen LogP contribution in [0.2, 0.25) is 0 Å². The number of hydrogen-bond donors (Lipinski definition) is 1. The van der Waals surface area contributed by atoms with Crippen LogP contribution in [0, 0.1) is 6.92 Å². The van der Waals surface area contributed by atoms with Crippen molar-refractivity contribution in [2.75, 3.05) is 0 Å². The minimum Gasteiger partial charge on any atom is -0.478 e. The van der Waals surface area contributed by atoms with Crippen LogP contribution in [0.5, 0.6) is 0 Å². The number of pyridine rings is 1. The van der Waals surface area contributed by atoms with Gasteiger partial charge >= 0.3 is 5.97 Å². The summed E-state index contributed by atoms with van der Waals surface area (Å²) in [4.78, 5) is 15.2. The molecule has 0 bridgehead atoms. The first kappa shape index (κ1) is 12.0. The normalized spacial score (nSPS) is 10.7. The molecule has 0 aliphatic rings. The molecule has 90 valence electrons. The summed E-state index contributed by atoms with van der Waals surface area (Å²) in [6.07, 6.45) is 3.72. The van der Waals surface area contributed by atoms with Gasteiger partial charge in [-0.15, -0.1) is 0 Å². The molecule has 0 aliphatic carbocycles. The fraction of sp³-hybridized carbons (Fsp3) is 0.0667. The van der Waals surface area contributed by atoms with E-state index >= 15 is 0 Å². The van der Waals surface area contributed by atoms with Gasteiger partial charge in [-0.3, -0.25) is 4.98 Å². The molecule has 1 aromatic heterocycles. The Kier molecular flexibility index (Phi) is 3.53. The Morgan fingerprint density at radius 2 is 1.94 bits per heavy atom. The Labute approximate surface area is 105 Å². The Balaban J connectivity index is 2.23. The van der Waals surface area contributed by atoms with Crippen molar-refractivity contribution in [1.29, 1.82) is 0 Å². The third-order valence-electron chi connectivity index (χ3n) is 2.49. The average molecular weight is 239 g/mol. The maximum absolute atomic E-state index is 10.8. The first-order valence-corrected chi connectivity index (χ1v) is 5.60. The van der Waals surface area contributed by atoms with Gasteiger partial charge in [0.05, 0.1) is 11.3 Å². The molecule has 2 aromatic rings. The van der Waals surface area contributed by atoms with Crippen molar-refractivity contribution in [3.63, 3.8) is 0 Å². The fourth-order valence-corrected chi connectivity index (χ4v) is 1.61. The maximum atomic E-state index is 10.8. The van der Waals surface area contributed by atoms with Gasteiger partial charge in [0.15, 0.2) is 0 Å². The molecule has 0 unspecified atom stereocenters. The van der Waals surface area contributed by atoms with Crippen molar-refractivity contribution >= 4 is 18.1 Å². The largest absolute Gasteiger partial charge is 0.478 e. The van der Waals surface area contributed by atoms with Gasteiger partial charge in [0.25, 0.3) is 0 Å². The number of benzene rings is 1. The molecule has 0 amide bonds. The summed E-state index contributed by atoms with van der Waals surface area (Å²) < 4.78 is 0. The fourth-order valence-electron chi connectivity index (χ4n) is 1.61. The lowest BCUT2D eigenvalue weighted by Gasteiger charge is -1.97. The van der Waals surface area contributed by atoms with Gasteiger partial charge in [0.1, 0.15) is 0 Å². The van der Waals surface area contributed by atoms with E-state index in [0.717, 1.165) is 17.0 Å². The topological polar surface area (TPSA) is 50.2 Å². The highest BCUT2D eigenvalue weighted by Gasteiger charge is 2.01. The van der Waals surface area contributed by atoms with Crippen molar-refractivity contribution < 1.29 is 9.90 Å². The number of hydrogen-bond acceptors (Lipinski definition) is 2. The minimum absolute atomic E-state index is 0.286. The predicted molar refractivity (Wildman–Crippen MR) is 71.3 cm³/mol. The van der Waals surface area contributed by atoms with Gasteiger partial charge in [0.2, 0.25) is 0 Å². The number of aryl methyl sites for hydroxylation is 1. The van der Waals surface area contributed by atoms with E-state index in [2.05, 4.69) is 4.98 Å². The zero-order chi connectivity index (χ0) is 13.0. The van der Waals surface area contributed by atoms with Crippen LogP contribution in [0.15, 0.2) is 42.5 Å². The molecule has 3 nitrogen and oxygen atoms in total. The molecule has 1 N–H and O–H groups in total. The molecule has 0 aliphatic heterocycles. The maximum Gasteiger partial charge on any atom is 0.335 e. The Hall–Kier alpha value is -2.42. The Morgan fingerprint density at radius 1 is 1.17 bits per heavy atom. The van der Waals surface area contributed by atoms with Crippen LogP contribution in [0.1, 0.15) is 27.3 Å². The summed E-state index contributed by atoms with van der Waals surface area (Å²) in [6.45, 7) is 1.93. The van der Waals surface area contributed by atoms with E-state index in [4.69, 9.17) is 5.11 Å². The molecule has 0 spiro atoms. The van der Waals surface area contributed by atoms with Gasteiger partial charge in [-0.05, 0) is 42.8 Å². The molecule has 0 saturated carbocycles. The van der Waals surface area contributed by atoms with E-state index in [9.17, 15) is 4.79 Å². The third kappa shape index (κ3) is 3.04. The average Bonchev–Trinajstić information content (AvgIpc) is 2.37. The van der Waals surface area contributed by atoms with E-state index in [0.29, 0.717) is 0 Å². The quantitative estimate of drug-likeness (QED) is 0.894. The van der Waals surface area contributed by atoms with Crippen molar-refractivity contribution in [1.82, 2.24) is 4.98 Å². The summed E-state index contributed by atoms with van der Waals surface area (Å²) in [6, 6.07) is 12.6. The standard InChI is InChI=1S/C15H13NO2/c1-11-4-2-7-14(16-11)9-8-12-5-3-6-13(10-12)15(17)18/h2-10H,1H3,(H,17,18)/b9-8+. The Bertz CT molecular complexity index is 603. The molecule has 0 radical (unpaired) electrons. The molecule has 0 fully saturated rings. The molecule has 3 heteroatoms. The summed E-state index contributed by atoms with van der Waals surface area (Å²) in [5.41, 5.74) is 2.94. The lowest BCUT2D eigenvalue weighted by Crippen LogP contribution is -1.95. The van der Waals surface area contributed by atoms with Crippen molar-refractivity contribution in [3.8, 4) is 0 Å². The minimum atomic E-state index is -0.918. The molecular formula is C15H13NO2. The van der Waals surface area contributed by atoms with E-state index in [1.807, 2.05) is 43.3 Å². The highest BCUT2D eigenvalue weighted by Crippen LogP contribution is 2.10. The number of aromatic carboxylic acids is 1. The first-order chi connectivity index (χ1) is 8.65. The number of rotatable bonds is 3. The van der Waals surface area contributed by atoms with Gasteiger partial charge in [0, 0.05) is 5.69 Å². The van der Waals surface area contributed by atoms with Crippen LogP contribution < -0.4 is 0 Å². The monoisotopic (exact) mass is 239 g/mol. The van der Waals surface area contributed by atoms with E-state index in [-0.39, 0.29) is 5.56 Å². The van der Waals surface area contributed by atoms with Crippen LogP contribution in [-0.4, -0.2) is 16.1 Å². The van der Waals surface area contributed by atoms with E-state index in [1.54, 1.807) is 18.2 Å².